The molecule has 1 aromatic heterocycles. The van der Waals surface area contributed by atoms with Crippen LogP contribution in [0.2, 0.25) is 0 Å². The summed E-state index contributed by atoms with van der Waals surface area (Å²) in [5, 5.41) is 10.4. The molecular weight excluding hydrogens is 204 g/mol. The van der Waals surface area contributed by atoms with Gasteiger partial charge in [-0.1, -0.05) is 0 Å². The lowest BCUT2D eigenvalue weighted by Crippen LogP contribution is -2.08. The molecule has 2 N–H and O–H groups in total. The highest BCUT2D eigenvalue weighted by atomic mass is 16.6. The summed E-state index contributed by atoms with van der Waals surface area (Å²) < 4.78 is 9.75. The van der Waals surface area contributed by atoms with Crippen molar-refractivity contribution in [3.05, 3.63) is 16.3 Å². The summed E-state index contributed by atoms with van der Waals surface area (Å²) in [4.78, 5) is 17.0. The van der Waals surface area contributed by atoms with Crippen LogP contribution in [0.25, 0.3) is 0 Å². The first-order valence-corrected chi connectivity index (χ1v) is 4.03. The number of hydrogen-bond donors (Lipinski definition) is 1. The normalized spacial score (nSPS) is 9.93. The number of nitrogen functional groups attached to an aromatic ring is 1. The van der Waals surface area contributed by atoms with Gasteiger partial charge in [0.15, 0.2) is 0 Å². The fourth-order valence-corrected chi connectivity index (χ4v) is 0.798. The molecule has 0 spiro atoms. The minimum atomic E-state index is -0.658. The van der Waals surface area contributed by atoms with Crippen LogP contribution in [0, 0.1) is 10.1 Å². The molecule has 8 nitrogen and oxygen atoms in total. The van der Waals surface area contributed by atoms with Crippen molar-refractivity contribution in [2.45, 2.75) is 0 Å². The highest BCUT2D eigenvalue weighted by Gasteiger charge is 2.14. The molecule has 82 valence electrons. The molecule has 0 aliphatic carbocycles. The van der Waals surface area contributed by atoms with E-state index in [1.807, 2.05) is 0 Å². The monoisotopic (exact) mass is 214 g/mol. The van der Waals surface area contributed by atoms with E-state index in [2.05, 4.69) is 9.97 Å². The third-order valence-corrected chi connectivity index (χ3v) is 1.49. The van der Waals surface area contributed by atoms with Crippen molar-refractivity contribution < 1.29 is 14.4 Å². The zero-order valence-corrected chi connectivity index (χ0v) is 8.04. The summed E-state index contributed by atoms with van der Waals surface area (Å²) >= 11 is 0. The maximum atomic E-state index is 10.4. The number of aromatic nitrogens is 2. The minimum absolute atomic E-state index is 0.00449. The zero-order valence-electron chi connectivity index (χ0n) is 8.04. The summed E-state index contributed by atoms with van der Waals surface area (Å²) in [7, 11) is 1.52. The van der Waals surface area contributed by atoms with Crippen LogP contribution < -0.4 is 10.5 Å². The summed E-state index contributed by atoms with van der Waals surface area (Å²) in [5.41, 5.74) is 4.98. The largest absolute Gasteiger partial charge is 0.461 e. The number of nitrogens with two attached hydrogens (primary N) is 1. The number of anilines is 1. The van der Waals surface area contributed by atoms with Crippen molar-refractivity contribution >= 4 is 11.5 Å². The highest BCUT2D eigenvalue weighted by molar-refractivity contribution is 5.50. The smallest absolute Gasteiger partial charge is 0.329 e. The first-order valence-electron chi connectivity index (χ1n) is 4.03. The quantitative estimate of drug-likeness (QED) is 0.416. The predicted octanol–water partition coefficient (Wildman–Crippen LogP) is -0.00780. The van der Waals surface area contributed by atoms with Crippen molar-refractivity contribution in [1.29, 1.82) is 0 Å². The van der Waals surface area contributed by atoms with Gasteiger partial charge >= 0.3 is 11.7 Å². The van der Waals surface area contributed by atoms with Crippen molar-refractivity contribution in [3.8, 4) is 6.01 Å². The van der Waals surface area contributed by atoms with Gasteiger partial charge in [-0.25, -0.2) is 0 Å². The van der Waals surface area contributed by atoms with Crippen LogP contribution >= 0.6 is 0 Å². The van der Waals surface area contributed by atoms with E-state index in [9.17, 15) is 10.1 Å². The van der Waals surface area contributed by atoms with E-state index in [0.717, 1.165) is 6.20 Å². The summed E-state index contributed by atoms with van der Waals surface area (Å²) in [6, 6.07) is -0.00449. The number of methoxy groups -OCH3 is 1. The van der Waals surface area contributed by atoms with Gasteiger partial charge in [-0.05, 0) is 0 Å². The lowest BCUT2D eigenvalue weighted by atomic mass is 10.5. The van der Waals surface area contributed by atoms with E-state index in [1.54, 1.807) is 0 Å². The number of nitrogens with zero attached hydrogens (tertiary/aromatic N) is 3. The Bertz CT molecular complexity index is 357. The fourth-order valence-electron chi connectivity index (χ4n) is 0.798. The molecule has 0 unspecified atom stereocenters. The van der Waals surface area contributed by atoms with Gasteiger partial charge in [0.2, 0.25) is 5.82 Å². The first-order chi connectivity index (χ1) is 7.15. The van der Waals surface area contributed by atoms with Crippen LogP contribution in [0.4, 0.5) is 11.5 Å². The standard InChI is InChI=1S/C7H10N4O4/c1-14-2-3-15-7-9-4-5(11(12)13)6(8)10-7/h4H,2-3H2,1H3,(H2,8,9,10). The van der Waals surface area contributed by atoms with Gasteiger partial charge in [0.05, 0.1) is 11.5 Å². The van der Waals surface area contributed by atoms with Crippen molar-refractivity contribution in [2.75, 3.05) is 26.1 Å². The van der Waals surface area contributed by atoms with Gasteiger partial charge in [0.25, 0.3) is 0 Å². The molecule has 1 aromatic rings. The van der Waals surface area contributed by atoms with Crippen LogP contribution in [0.3, 0.4) is 0 Å². The molecule has 0 amide bonds. The molecule has 0 aliphatic heterocycles. The van der Waals surface area contributed by atoms with Gasteiger partial charge in [-0.3, -0.25) is 10.1 Å². The van der Waals surface area contributed by atoms with Gasteiger partial charge in [-0.2, -0.15) is 9.97 Å². The third-order valence-electron chi connectivity index (χ3n) is 1.49. The lowest BCUT2D eigenvalue weighted by molar-refractivity contribution is -0.384. The molecule has 0 aliphatic rings. The first kappa shape index (κ1) is 11.1. The van der Waals surface area contributed by atoms with Gasteiger partial charge in [0.1, 0.15) is 12.8 Å². The second-order valence-corrected chi connectivity index (χ2v) is 2.52. The summed E-state index contributed by atoms with van der Waals surface area (Å²) in [5.74, 6) is -0.220. The topological polar surface area (TPSA) is 113 Å². The van der Waals surface area contributed by atoms with Crippen LogP contribution in [0.5, 0.6) is 6.01 Å². The van der Waals surface area contributed by atoms with Crippen molar-refractivity contribution in [2.24, 2.45) is 0 Å². The van der Waals surface area contributed by atoms with Gasteiger partial charge < -0.3 is 15.2 Å². The van der Waals surface area contributed by atoms with Crippen LogP contribution in [0.1, 0.15) is 0 Å². The average molecular weight is 214 g/mol. The van der Waals surface area contributed by atoms with E-state index in [0.29, 0.717) is 6.61 Å². The molecule has 1 heterocycles. The number of ether oxygens (including phenoxy) is 2. The third kappa shape index (κ3) is 3.02. The number of hydrogen-bond acceptors (Lipinski definition) is 7. The van der Waals surface area contributed by atoms with E-state index in [-0.39, 0.29) is 24.1 Å². The Morgan fingerprint density at radius 3 is 2.87 bits per heavy atom. The molecule has 0 radical (unpaired) electrons. The summed E-state index contributed by atoms with van der Waals surface area (Å²) in [6.45, 7) is 0.633. The Kier molecular flexibility index (Phi) is 3.75. The van der Waals surface area contributed by atoms with E-state index < -0.39 is 4.92 Å². The van der Waals surface area contributed by atoms with Crippen molar-refractivity contribution in [1.82, 2.24) is 9.97 Å². The van der Waals surface area contributed by atoms with Crippen LogP contribution in [0.15, 0.2) is 6.20 Å². The van der Waals surface area contributed by atoms with Crippen LogP contribution in [-0.2, 0) is 4.74 Å². The summed E-state index contributed by atoms with van der Waals surface area (Å²) in [6.07, 6.45) is 1.00. The Labute approximate surface area is 85.2 Å². The molecule has 0 saturated heterocycles. The molecule has 1 rings (SSSR count). The van der Waals surface area contributed by atoms with Crippen LogP contribution in [-0.4, -0.2) is 35.2 Å². The second-order valence-electron chi connectivity index (χ2n) is 2.52. The van der Waals surface area contributed by atoms with E-state index in [4.69, 9.17) is 15.2 Å². The number of rotatable bonds is 5. The maximum Gasteiger partial charge on any atom is 0.329 e. The van der Waals surface area contributed by atoms with E-state index >= 15 is 0 Å². The molecule has 0 atom stereocenters. The zero-order chi connectivity index (χ0) is 11.3. The minimum Gasteiger partial charge on any atom is -0.461 e. The van der Waals surface area contributed by atoms with E-state index in [1.165, 1.54) is 7.11 Å². The van der Waals surface area contributed by atoms with Gasteiger partial charge in [-0.15, -0.1) is 0 Å². The average Bonchev–Trinajstić information content (AvgIpc) is 2.17. The highest BCUT2D eigenvalue weighted by Crippen LogP contribution is 2.18. The molecule has 0 fully saturated rings. The van der Waals surface area contributed by atoms with Crippen molar-refractivity contribution in [3.63, 3.8) is 0 Å². The fraction of sp³-hybridized carbons (Fsp3) is 0.429. The van der Waals surface area contributed by atoms with Gasteiger partial charge in [0, 0.05) is 7.11 Å². The Balaban J connectivity index is 2.69. The molecule has 8 heteroatoms. The molecule has 0 bridgehead atoms. The predicted molar refractivity (Wildman–Crippen MR) is 50.5 cm³/mol. The Morgan fingerprint density at radius 1 is 1.60 bits per heavy atom. The maximum absolute atomic E-state index is 10.4. The SMILES string of the molecule is COCCOc1ncc([N+](=O)[O-])c(N)n1. The Morgan fingerprint density at radius 2 is 2.33 bits per heavy atom. The molecule has 0 saturated carbocycles. The lowest BCUT2D eigenvalue weighted by Gasteiger charge is -2.03. The molecular formula is C7H10N4O4. The number of nitro groups is 1. The Hall–Kier alpha value is -1.96. The molecule has 0 aromatic carbocycles. The second kappa shape index (κ2) is 5.05. The molecule has 15 heavy (non-hydrogen) atoms.